The van der Waals surface area contributed by atoms with E-state index in [1.54, 1.807) is 12.4 Å². The van der Waals surface area contributed by atoms with Gasteiger partial charge in [-0.25, -0.2) is 0 Å². The summed E-state index contributed by atoms with van der Waals surface area (Å²) in [5.74, 6) is 0.0270. The number of hydrogen-bond acceptors (Lipinski definition) is 7. The second-order valence-corrected chi connectivity index (χ2v) is 8.53. The van der Waals surface area contributed by atoms with Gasteiger partial charge in [0, 0.05) is 29.1 Å². The predicted octanol–water partition coefficient (Wildman–Crippen LogP) is 4.73. The van der Waals surface area contributed by atoms with Gasteiger partial charge in [0.25, 0.3) is 5.91 Å². The van der Waals surface area contributed by atoms with E-state index < -0.39 is 0 Å². The number of hydrogen-bond donors (Lipinski definition) is 1. The predicted molar refractivity (Wildman–Crippen MR) is 125 cm³/mol. The highest BCUT2D eigenvalue weighted by Gasteiger charge is 2.18. The lowest BCUT2D eigenvalue weighted by Gasteiger charge is -2.11. The van der Waals surface area contributed by atoms with Gasteiger partial charge >= 0.3 is 0 Å². The van der Waals surface area contributed by atoms with Crippen LogP contribution < -0.4 is 5.32 Å². The van der Waals surface area contributed by atoms with Crippen molar-refractivity contribution in [1.82, 2.24) is 29.0 Å². The van der Waals surface area contributed by atoms with Gasteiger partial charge in [-0.15, -0.1) is 0 Å². The molecule has 0 radical (unpaired) electrons. The molecular formula is C24H24N6OS. The first-order valence-corrected chi connectivity index (χ1v) is 11.1. The fourth-order valence-electron chi connectivity index (χ4n) is 3.24. The first kappa shape index (κ1) is 21.7. The maximum Gasteiger partial charge on any atom is 0.251 e. The highest BCUT2D eigenvalue weighted by Crippen LogP contribution is 2.31. The van der Waals surface area contributed by atoms with Gasteiger partial charge in [0.15, 0.2) is 0 Å². The van der Waals surface area contributed by atoms with E-state index in [0.29, 0.717) is 17.8 Å². The SMILES string of the molecule is Cc1ccc(-c2cc(C(=O)NCc3cnc(C)cn3)cc(-c3nsnc3C(C)C)c2)nc1. The van der Waals surface area contributed by atoms with Crippen molar-refractivity contribution in [3.8, 4) is 22.5 Å². The monoisotopic (exact) mass is 444 g/mol. The van der Waals surface area contributed by atoms with Crippen LogP contribution in [0.2, 0.25) is 0 Å². The lowest BCUT2D eigenvalue weighted by molar-refractivity contribution is 0.0950. The molecule has 1 N–H and O–H groups in total. The van der Waals surface area contributed by atoms with Gasteiger partial charge in [-0.3, -0.25) is 19.7 Å². The number of pyridine rings is 1. The molecule has 0 aliphatic carbocycles. The second kappa shape index (κ2) is 9.32. The Morgan fingerprint density at radius 3 is 2.47 bits per heavy atom. The van der Waals surface area contributed by atoms with Crippen molar-refractivity contribution in [2.45, 2.75) is 40.2 Å². The largest absolute Gasteiger partial charge is 0.346 e. The first-order chi connectivity index (χ1) is 15.4. The molecule has 4 rings (SSSR count). The molecule has 1 amide bonds. The summed E-state index contributed by atoms with van der Waals surface area (Å²) < 4.78 is 8.98. The van der Waals surface area contributed by atoms with E-state index in [-0.39, 0.29) is 11.8 Å². The number of nitrogens with one attached hydrogen (secondary N) is 1. The number of aromatic nitrogens is 5. The van der Waals surface area contributed by atoms with Gasteiger partial charge in [-0.1, -0.05) is 19.9 Å². The van der Waals surface area contributed by atoms with Crippen LogP contribution in [0.4, 0.5) is 0 Å². The molecule has 4 aromatic rings. The molecule has 0 bridgehead atoms. The van der Waals surface area contributed by atoms with Crippen molar-refractivity contribution < 1.29 is 4.79 Å². The minimum atomic E-state index is -0.197. The molecule has 0 unspecified atom stereocenters. The smallest absolute Gasteiger partial charge is 0.251 e. The van der Waals surface area contributed by atoms with E-state index in [0.717, 1.165) is 39.5 Å². The molecule has 3 heterocycles. The Morgan fingerprint density at radius 2 is 1.78 bits per heavy atom. The summed E-state index contributed by atoms with van der Waals surface area (Å²) in [5.41, 5.74) is 7.36. The normalized spacial score (nSPS) is 11.0. The fourth-order valence-corrected chi connectivity index (χ4v) is 3.95. The molecule has 0 spiro atoms. The summed E-state index contributed by atoms with van der Waals surface area (Å²) in [7, 11) is 0. The van der Waals surface area contributed by atoms with Gasteiger partial charge in [0.1, 0.15) is 5.69 Å². The number of benzene rings is 1. The summed E-state index contributed by atoms with van der Waals surface area (Å²) in [4.78, 5) is 26.1. The zero-order valence-electron chi connectivity index (χ0n) is 18.5. The van der Waals surface area contributed by atoms with Crippen LogP contribution in [0.15, 0.2) is 48.9 Å². The highest BCUT2D eigenvalue weighted by atomic mass is 32.1. The summed E-state index contributed by atoms with van der Waals surface area (Å²) >= 11 is 1.18. The fraction of sp³-hybridized carbons (Fsp3) is 0.250. The number of carbonyl (C=O) groups is 1. The van der Waals surface area contributed by atoms with E-state index in [1.165, 1.54) is 11.7 Å². The van der Waals surface area contributed by atoms with E-state index in [9.17, 15) is 4.79 Å². The molecule has 32 heavy (non-hydrogen) atoms. The average Bonchev–Trinajstić information content (AvgIpc) is 3.29. The van der Waals surface area contributed by atoms with Crippen molar-refractivity contribution in [1.29, 1.82) is 0 Å². The molecule has 8 heteroatoms. The molecule has 162 valence electrons. The van der Waals surface area contributed by atoms with Crippen molar-refractivity contribution in [3.63, 3.8) is 0 Å². The summed E-state index contributed by atoms with van der Waals surface area (Å²) in [6.45, 7) is 8.34. The molecule has 7 nitrogen and oxygen atoms in total. The van der Waals surface area contributed by atoms with Gasteiger partial charge in [0.05, 0.1) is 47.2 Å². The van der Waals surface area contributed by atoms with Crippen LogP contribution in [-0.2, 0) is 6.54 Å². The summed E-state index contributed by atoms with van der Waals surface area (Å²) in [6, 6.07) is 9.70. The maximum absolute atomic E-state index is 13.1. The van der Waals surface area contributed by atoms with Crippen LogP contribution in [0.5, 0.6) is 0 Å². The minimum Gasteiger partial charge on any atom is -0.346 e. The Morgan fingerprint density at radius 1 is 0.969 bits per heavy atom. The lowest BCUT2D eigenvalue weighted by atomic mass is 9.97. The van der Waals surface area contributed by atoms with Crippen LogP contribution in [0.3, 0.4) is 0 Å². The number of aryl methyl sites for hydroxylation is 2. The van der Waals surface area contributed by atoms with E-state index in [1.807, 2.05) is 50.4 Å². The van der Waals surface area contributed by atoms with Gasteiger partial charge < -0.3 is 5.32 Å². The summed E-state index contributed by atoms with van der Waals surface area (Å²) in [5, 5.41) is 2.94. The van der Waals surface area contributed by atoms with Crippen molar-refractivity contribution in [3.05, 3.63) is 77.1 Å². The molecule has 1 aromatic carbocycles. The molecule has 0 aliphatic heterocycles. The van der Waals surface area contributed by atoms with Crippen LogP contribution in [0, 0.1) is 13.8 Å². The van der Waals surface area contributed by atoms with E-state index >= 15 is 0 Å². The van der Waals surface area contributed by atoms with Crippen LogP contribution in [0.1, 0.15) is 52.8 Å². The third kappa shape index (κ3) is 4.86. The van der Waals surface area contributed by atoms with Gasteiger partial charge in [-0.05, 0) is 49.6 Å². The first-order valence-electron chi connectivity index (χ1n) is 10.4. The van der Waals surface area contributed by atoms with Crippen molar-refractivity contribution in [2.75, 3.05) is 0 Å². The molecule has 3 aromatic heterocycles. The Kier molecular flexibility index (Phi) is 6.32. The third-order valence-electron chi connectivity index (χ3n) is 5.00. The molecule has 0 fully saturated rings. The third-order valence-corrected chi connectivity index (χ3v) is 5.54. The van der Waals surface area contributed by atoms with Gasteiger partial charge in [0.2, 0.25) is 0 Å². The number of nitrogens with zero attached hydrogens (tertiary/aromatic N) is 5. The lowest BCUT2D eigenvalue weighted by Crippen LogP contribution is -2.23. The number of rotatable bonds is 6. The van der Waals surface area contributed by atoms with Gasteiger partial charge in [-0.2, -0.15) is 8.75 Å². The Hall–Kier alpha value is -3.52. The van der Waals surface area contributed by atoms with Crippen molar-refractivity contribution in [2.24, 2.45) is 0 Å². The number of amides is 1. The molecule has 0 atom stereocenters. The molecular weight excluding hydrogens is 420 g/mol. The zero-order chi connectivity index (χ0) is 22.7. The topological polar surface area (TPSA) is 93.6 Å². The number of carbonyl (C=O) groups excluding carboxylic acids is 1. The molecule has 0 saturated heterocycles. The molecule has 0 aliphatic rings. The van der Waals surface area contributed by atoms with Crippen LogP contribution >= 0.6 is 11.7 Å². The van der Waals surface area contributed by atoms with E-state index in [4.69, 9.17) is 0 Å². The Bertz CT molecular complexity index is 1230. The quantitative estimate of drug-likeness (QED) is 0.462. The zero-order valence-corrected chi connectivity index (χ0v) is 19.3. The van der Waals surface area contributed by atoms with Crippen molar-refractivity contribution >= 4 is 17.6 Å². The van der Waals surface area contributed by atoms with Crippen LogP contribution in [0.25, 0.3) is 22.5 Å². The highest BCUT2D eigenvalue weighted by molar-refractivity contribution is 6.99. The Labute approximate surface area is 191 Å². The maximum atomic E-state index is 13.1. The summed E-state index contributed by atoms with van der Waals surface area (Å²) in [6.07, 6.45) is 5.18. The second-order valence-electron chi connectivity index (χ2n) is 8.00. The minimum absolute atomic E-state index is 0.197. The Balaban J connectivity index is 1.71. The van der Waals surface area contributed by atoms with Crippen LogP contribution in [-0.4, -0.2) is 29.6 Å². The average molecular weight is 445 g/mol. The van der Waals surface area contributed by atoms with E-state index in [2.05, 4.69) is 42.9 Å². The standard InChI is InChI=1S/C24H24N6OS/c1-14(2)22-23(30-32-29-22)18-7-17(21-6-5-15(3)10-27-21)8-19(9-18)24(31)28-13-20-12-25-16(4)11-26-20/h5-12,14H,13H2,1-4H3,(H,28,31). The molecule has 0 saturated carbocycles.